The summed E-state index contributed by atoms with van der Waals surface area (Å²) in [5.74, 6) is -0.651. The van der Waals surface area contributed by atoms with Crippen LogP contribution in [0.25, 0.3) is 10.2 Å². The van der Waals surface area contributed by atoms with Crippen LogP contribution >= 0.6 is 23.1 Å². The van der Waals surface area contributed by atoms with Gasteiger partial charge < -0.3 is 9.90 Å². The highest BCUT2D eigenvalue weighted by Gasteiger charge is 2.24. The van der Waals surface area contributed by atoms with Crippen LogP contribution in [0.4, 0.5) is 5.69 Å². The third kappa shape index (κ3) is 4.80. The number of fused-ring (bicyclic) bond motifs is 1. The van der Waals surface area contributed by atoms with Gasteiger partial charge in [0.05, 0.1) is 10.4 Å². The molecule has 1 saturated carbocycles. The molecule has 1 fully saturated rings. The number of nitro groups is 1. The Labute approximate surface area is 186 Å². The van der Waals surface area contributed by atoms with Crippen LogP contribution in [-0.4, -0.2) is 20.4 Å². The molecule has 1 aliphatic carbocycles. The van der Waals surface area contributed by atoms with Crippen molar-refractivity contribution in [2.45, 2.75) is 43.1 Å². The number of thioether (sulfide) groups is 1. The van der Waals surface area contributed by atoms with Gasteiger partial charge in [-0.2, -0.15) is 0 Å². The zero-order valence-corrected chi connectivity index (χ0v) is 18.2. The summed E-state index contributed by atoms with van der Waals surface area (Å²) >= 11 is 2.79. The van der Waals surface area contributed by atoms with Crippen LogP contribution < -0.4 is 10.7 Å². The van der Waals surface area contributed by atoms with Crippen molar-refractivity contribution in [3.05, 3.63) is 61.7 Å². The van der Waals surface area contributed by atoms with E-state index in [1.165, 1.54) is 35.2 Å². The SMILES string of the molecule is O=C([O-])C1CCC(Cn2c(SCc3ccc([N+](=O)[O-])cc3)nc3ccsc3c2=O)CC1. The molecular weight excluding hydrogens is 438 g/mol. The highest BCUT2D eigenvalue weighted by Crippen LogP contribution is 2.31. The zero-order chi connectivity index (χ0) is 22.0. The van der Waals surface area contributed by atoms with Gasteiger partial charge in [-0.05, 0) is 54.5 Å². The molecule has 0 spiro atoms. The largest absolute Gasteiger partial charge is 0.550 e. The molecule has 4 rings (SSSR count). The number of hydrogen-bond acceptors (Lipinski definition) is 8. The monoisotopic (exact) mass is 458 g/mol. The molecule has 2 aromatic heterocycles. The number of aliphatic carboxylic acids is 1. The summed E-state index contributed by atoms with van der Waals surface area (Å²) in [4.78, 5) is 39.3. The second kappa shape index (κ2) is 9.19. The van der Waals surface area contributed by atoms with Crippen LogP contribution in [0.3, 0.4) is 0 Å². The predicted molar refractivity (Wildman–Crippen MR) is 117 cm³/mol. The van der Waals surface area contributed by atoms with Gasteiger partial charge in [-0.3, -0.25) is 19.5 Å². The van der Waals surface area contributed by atoms with E-state index in [0.29, 0.717) is 40.5 Å². The fourth-order valence-electron chi connectivity index (χ4n) is 3.90. The Morgan fingerprint density at radius 2 is 1.90 bits per heavy atom. The Balaban J connectivity index is 1.55. The smallest absolute Gasteiger partial charge is 0.272 e. The number of carboxylic acids is 1. The summed E-state index contributed by atoms with van der Waals surface area (Å²) in [6, 6.07) is 8.17. The van der Waals surface area contributed by atoms with Gasteiger partial charge in [0, 0.05) is 30.4 Å². The standard InChI is InChI=1S/C21H21N3O5S2/c25-19-18-17(9-10-30-18)22-21(31-12-14-3-7-16(8-4-14)24(28)29)23(19)11-13-1-5-15(6-2-13)20(26)27/h3-4,7-10,13,15H,1-2,5-6,11-12H2,(H,26,27)/p-1. The lowest BCUT2D eigenvalue weighted by Gasteiger charge is -2.29. The second-order valence-corrected chi connectivity index (χ2v) is 9.55. The van der Waals surface area contributed by atoms with Gasteiger partial charge in [-0.1, -0.05) is 23.9 Å². The van der Waals surface area contributed by atoms with E-state index in [4.69, 9.17) is 0 Å². The zero-order valence-electron chi connectivity index (χ0n) is 16.6. The van der Waals surface area contributed by atoms with Gasteiger partial charge in [0.25, 0.3) is 11.2 Å². The van der Waals surface area contributed by atoms with Crippen LogP contribution in [0.2, 0.25) is 0 Å². The molecule has 0 N–H and O–H groups in total. The average Bonchev–Trinajstić information content (AvgIpc) is 3.24. The van der Waals surface area contributed by atoms with Gasteiger partial charge in [0.2, 0.25) is 0 Å². The Bertz CT molecular complexity index is 1160. The molecule has 0 amide bonds. The Morgan fingerprint density at radius 3 is 2.55 bits per heavy atom. The molecule has 0 radical (unpaired) electrons. The van der Waals surface area contributed by atoms with Gasteiger partial charge in [-0.15, -0.1) is 11.3 Å². The molecule has 10 heteroatoms. The number of carbonyl (C=O) groups excluding carboxylic acids is 1. The summed E-state index contributed by atoms with van der Waals surface area (Å²) in [6.45, 7) is 0.502. The first-order valence-electron chi connectivity index (χ1n) is 9.97. The van der Waals surface area contributed by atoms with Gasteiger partial charge in [0.1, 0.15) is 4.70 Å². The Morgan fingerprint density at radius 1 is 1.19 bits per heavy atom. The second-order valence-electron chi connectivity index (χ2n) is 7.69. The number of thiophene rings is 1. The molecule has 0 saturated heterocycles. The third-order valence-corrected chi connectivity index (χ3v) is 7.61. The highest BCUT2D eigenvalue weighted by molar-refractivity contribution is 7.98. The van der Waals surface area contributed by atoms with Crippen molar-refractivity contribution in [3.63, 3.8) is 0 Å². The van der Waals surface area contributed by atoms with Crippen molar-refractivity contribution in [2.24, 2.45) is 11.8 Å². The fourth-order valence-corrected chi connectivity index (χ4v) is 5.64. The maximum absolute atomic E-state index is 13.1. The Kier molecular flexibility index (Phi) is 6.38. The van der Waals surface area contributed by atoms with E-state index in [1.54, 1.807) is 16.7 Å². The first-order chi connectivity index (χ1) is 14.9. The number of carboxylic acid groups (broad SMARTS) is 1. The van der Waals surface area contributed by atoms with Gasteiger partial charge in [-0.25, -0.2) is 4.98 Å². The topological polar surface area (TPSA) is 118 Å². The number of nitrogens with zero attached hydrogens (tertiary/aromatic N) is 3. The van der Waals surface area contributed by atoms with Crippen LogP contribution in [0.1, 0.15) is 31.2 Å². The molecular formula is C21H20N3O5S2-. The predicted octanol–water partition coefficient (Wildman–Crippen LogP) is 3.21. The van der Waals surface area contributed by atoms with Crippen LogP contribution in [-0.2, 0) is 17.1 Å². The summed E-state index contributed by atoms with van der Waals surface area (Å²) in [5.41, 5.74) is 1.53. The molecule has 31 heavy (non-hydrogen) atoms. The maximum atomic E-state index is 13.1. The minimum Gasteiger partial charge on any atom is -0.550 e. The highest BCUT2D eigenvalue weighted by atomic mass is 32.2. The first-order valence-corrected chi connectivity index (χ1v) is 11.8. The molecule has 0 atom stereocenters. The van der Waals surface area contributed by atoms with Crippen LogP contribution in [0, 0.1) is 22.0 Å². The number of nitro benzene ring substituents is 1. The van der Waals surface area contributed by atoms with E-state index < -0.39 is 16.8 Å². The lowest BCUT2D eigenvalue weighted by molar-refractivity contribution is -0.384. The normalized spacial score (nSPS) is 18.8. The molecule has 0 aliphatic heterocycles. The lowest BCUT2D eigenvalue weighted by Crippen LogP contribution is -2.35. The number of non-ortho nitro benzene ring substituents is 1. The average molecular weight is 459 g/mol. The molecule has 0 unspecified atom stereocenters. The molecule has 1 aromatic carbocycles. The number of benzene rings is 1. The van der Waals surface area contributed by atoms with Crippen molar-refractivity contribution < 1.29 is 14.8 Å². The molecule has 0 bridgehead atoms. The quantitative estimate of drug-likeness (QED) is 0.231. The maximum Gasteiger partial charge on any atom is 0.272 e. The minimum atomic E-state index is -0.989. The van der Waals surface area contributed by atoms with Crippen molar-refractivity contribution >= 4 is 45.0 Å². The summed E-state index contributed by atoms with van der Waals surface area (Å²) < 4.78 is 2.32. The molecule has 2 heterocycles. The van der Waals surface area contributed by atoms with Crippen molar-refractivity contribution in [2.75, 3.05) is 0 Å². The van der Waals surface area contributed by atoms with Crippen LogP contribution in [0.5, 0.6) is 0 Å². The minimum absolute atomic E-state index is 0.0376. The number of aromatic nitrogens is 2. The lowest BCUT2D eigenvalue weighted by atomic mass is 9.82. The molecule has 8 nitrogen and oxygen atoms in total. The van der Waals surface area contributed by atoms with Crippen molar-refractivity contribution in [3.8, 4) is 0 Å². The van der Waals surface area contributed by atoms with E-state index in [-0.39, 0.29) is 17.2 Å². The number of rotatable bonds is 7. The van der Waals surface area contributed by atoms with E-state index in [2.05, 4.69) is 4.98 Å². The van der Waals surface area contributed by atoms with Crippen LogP contribution in [0.15, 0.2) is 45.7 Å². The number of carbonyl (C=O) groups is 1. The van der Waals surface area contributed by atoms with E-state index >= 15 is 0 Å². The van der Waals surface area contributed by atoms with Gasteiger partial charge in [0.15, 0.2) is 5.16 Å². The van der Waals surface area contributed by atoms with Crippen molar-refractivity contribution in [1.29, 1.82) is 0 Å². The van der Waals surface area contributed by atoms with E-state index in [1.807, 2.05) is 11.4 Å². The molecule has 3 aromatic rings. The summed E-state index contributed by atoms with van der Waals surface area (Å²) in [5, 5.41) is 24.4. The molecule has 1 aliphatic rings. The van der Waals surface area contributed by atoms with Gasteiger partial charge >= 0.3 is 0 Å². The Hall–Kier alpha value is -2.72. The first kappa shape index (κ1) is 21.5. The summed E-state index contributed by atoms with van der Waals surface area (Å²) in [7, 11) is 0. The molecule has 162 valence electrons. The summed E-state index contributed by atoms with van der Waals surface area (Å²) in [6.07, 6.45) is 2.61. The van der Waals surface area contributed by atoms with E-state index in [9.17, 15) is 24.8 Å². The fraction of sp³-hybridized carbons (Fsp3) is 0.381. The third-order valence-electron chi connectivity index (χ3n) is 5.67. The number of hydrogen-bond donors (Lipinski definition) is 0. The van der Waals surface area contributed by atoms with E-state index in [0.717, 1.165) is 18.4 Å². The van der Waals surface area contributed by atoms with Crippen molar-refractivity contribution in [1.82, 2.24) is 9.55 Å².